The zero-order chi connectivity index (χ0) is 17.8. The lowest BCUT2D eigenvalue weighted by Crippen LogP contribution is -2.11. The van der Waals surface area contributed by atoms with Crippen molar-refractivity contribution >= 4 is 11.0 Å². The minimum absolute atomic E-state index is 0.333. The van der Waals surface area contributed by atoms with Crippen LogP contribution in [-0.4, -0.2) is 32.0 Å². The molecule has 5 heteroatoms. The first-order valence-corrected chi connectivity index (χ1v) is 8.06. The maximum atomic E-state index is 9.55. The maximum Gasteiger partial charge on any atom is 0.161 e. The lowest BCUT2D eigenvalue weighted by atomic mass is 10.1. The van der Waals surface area contributed by atoms with Crippen LogP contribution in [0.3, 0.4) is 0 Å². The molecule has 1 aromatic heterocycles. The Morgan fingerprint density at radius 3 is 2.52 bits per heavy atom. The smallest absolute Gasteiger partial charge is 0.161 e. The highest BCUT2D eigenvalue weighted by molar-refractivity contribution is 5.78. The Morgan fingerprint density at radius 2 is 1.80 bits per heavy atom. The summed E-state index contributed by atoms with van der Waals surface area (Å²) in [7, 11) is 3.20. The van der Waals surface area contributed by atoms with Gasteiger partial charge in [-0.3, -0.25) is 4.99 Å². The zero-order valence-electron chi connectivity index (χ0n) is 14.5. The third-order valence-electron chi connectivity index (χ3n) is 3.84. The van der Waals surface area contributed by atoms with Crippen LogP contribution in [0.25, 0.3) is 22.3 Å². The molecular formula is C20H21NO4. The van der Waals surface area contributed by atoms with Crippen LogP contribution in [0.1, 0.15) is 6.92 Å². The van der Waals surface area contributed by atoms with Gasteiger partial charge in [0.1, 0.15) is 11.3 Å². The van der Waals surface area contributed by atoms with E-state index in [-0.39, 0.29) is 0 Å². The van der Waals surface area contributed by atoms with Crippen molar-refractivity contribution in [3.05, 3.63) is 53.9 Å². The number of para-hydroxylation sites is 1. The van der Waals surface area contributed by atoms with E-state index in [4.69, 9.17) is 13.9 Å². The van der Waals surface area contributed by atoms with E-state index in [0.29, 0.717) is 23.8 Å². The summed E-state index contributed by atoms with van der Waals surface area (Å²) in [6.45, 7) is 2.05. The molecule has 0 unspecified atom stereocenters. The normalized spacial score (nSPS) is 13.0. The van der Waals surface area contributed by atoms with E-state index in [0.717, 1.165) is 21.9 Å². The van der Waals surface area contributed by atoms with Gasteiger partial charge < -0.3 is 19.0 Å². The van der Waals surface area contributed by atoms with Crippen LogP contribution in [0.5, 0.6) is 11.5 Å². The Balaban J connectivity index is 2.18. The third kappa shape index (κ3) is 3.67. The van der Waals surface area contributed by atoms with Crippen molar-refractivity contribution in [1.82, 2.24) is 0 Å². The number of methoxy groups -OCH3 is 2. The van der Waals surface area contributed by atoms with Crippen molar-refractivity contribution in [1.29, 1.82) is 0 Å². The molecular weight excluding hydrogens is 318 g/mol. The Labute approximate surface area is 146 Å². The molecule has 25 heavy (non-hydrogen) atoms. The van der Waals surface area contributed by atoms with Gasteiger partial charge in [-0.2, -0.15) is 0 Å². The monoisotopic (exact) mass is 339 g/mol. The number of aliphatic hydroxyl groups excluding tert-OH is 1. The summed E-state index contributed by atoms with van der Waals surface area (Å²) in [6.07, 6.45) is -0.500. The van der Waals surface area contributed by atoms with Gasteiger partial charge in [0.25, 0.3) is 0 Å². The van der Waals surface area contributed by atoms with Crippen molar-refractivity contribution in [2.45, 2.75) is 13.0 Å². The fourth-order valence-electron chi connectivity index (χ4n) is 2.61. The average molecular weight is 339 g/mol. The molecule has 0 bridgehead atoms. The summed E-state index contributed by atoms with van der Waals surface area (Å²) < 4.78 is 16.7. The Bertz CT molecular complexity index is 944. The number of benzene rings is 2. The SMILES string of the molecule is COc1ccc(-c2cc(=NC[C@@H](C)O)c3ccccc3o2)cc1OC. The highest BCUT2D eigenvalue weighted by Gasteiger charge is 2.10. The summed E-state index contributed by atoms with van der Waals surface area (Å²) in [5.41, 5.74) is 1.59. The molecule has 3 aromatic rings. The molecule has 0 amide bonds. The Morgan fingerprint density at radius 1 is 1.04 bits per heavy atom. The number of ether oxygens (including phenoxy) is 2. The molecule has 0 saturated heterocycles. The van der Waals surface area contributed by atoms with Crippen molar-refractivity contribution in [3.8, 4) is 22.8 Å². The predicted molar refractivity (Wildman–Crippen MR) is 96.9 cm³/mol. The van der Waals surface area contributed by atoms with Gasteiger partial charge in [-0.25, -0.2) is 0 Å². The van der Waals surface area contributed by atoms with E-state index >= 15 is 0 Å². The van der Waals surface area contributed by atoms with E-state index in [2.05, 4.69) is 4.99 Å². The summed E-state index contributed by atoms with van der Waals surface area (Å²) in [6, 6.07) is 15.2. The largest absolute Gasteiger partial charge is 0.493 e. The summed E-state index contributed by atoms with van der Waals surface area (Å²) in [5.74, 6) is 1.96. The van der Waals surface area contributed by atoms with Gasteiger partial charge in [-0.1, -0.05) is 12.1 Å². The number of rotatable bonds is 5. The van der Waals surface area contributed by atoms with E-state index < -0.39 is 6.10 Å². The number of hydrogen-bond acceptors (Lipinski definition) is 5. The quantitative estimate of drug-likeness (QED) is 0.774. The van der Waals surface area contributed by atoms with Gasteiger partial charge >= 0.3 is 0 Å². The van der Waals surface area contributed by atoms with E-state index in [9.17, 15) is 5.11 Å². The van der Waals surface area contributed by atoms with Crippen LogP contribution in [0, 0.1) is 0 Å². The van der Waals surface area contributed by atoms with Crippen LogP contribution in [0.4, 0.5) is 0 Å². The van der Waals surface area contributed by atoms with Crippen molar-refractivity contribution in [3.63, 3.8) is 0 Å². The third-order valence-corrected chi connectivity index (χ3v) is 3.84. The van der Waals surface area contributed by atoms with Gasteiger partial charge in [0.15, 0.2) is 11.5 Å². The van der Waals surface area contributed by atoms with Gasteiger partial charge in [0.2, 0.25) is 0 Å². The van der Waals surface area contributed by atoms with Crippen LogP contribution < -0.4 is 14.8 Å². The van der Waals surface area contributed by atoms with Gasteiger partial charge in [-0.15, -0.1) is 0 Å². The molecule has 1 N–H and O–H groups in total. The van der Waals surface area contributed by atoms with Crippen LogP contribution in [0.15, 0.2) is 57.9 Å². The summed E-state index contributed by atoms with van der Waals surface area (Å²) in [5, 5.41) is 11.2. The predicted octanol–water partition coefficient (Wildman–Crippen LogP) is 3.40. The molecule has 2 aromatic carbocycles. The minimum Gasteiger partial charge on any atom is -0.493 e. The van der Waals surface area contributed by atoms with Gasteiger partial charge in [0.05, 0.1) is 32.2 Å². The summed E-state index contributed by atoms with van der Waals surface area (Å²) >= 11 is 0. The molecule has 0 aliphatic carbocycles. The van der Waals surface area contributed by atoms with E-state index in [1.807, 2.05) is 48.5 Å². The van der Waals surface area contributed by atoms with Crippen molar-refractivity contribution in [2.24, 2.45) is 4.99 Å². The lowest BCUT2D eigenvalue weighted by Gasteiger charge is -2.10. The zero-order valence-corrected chi connectivity index (χ0v) is 14.5. The molecule has 130 valence electrons. The van der Waals surface area contributed by atoms with E-state index in [1.165, 1.54) is 0 Å². The highest BCUT2D eigenvalue weighted by Crippen LogP contribution is 2.32. The highest BCUT2D eigenvalue weighted by atomic mass is 16.5. The van der Waals surface area contributed by atoms with Gasteiger partial charge in [0, 0.05) is 17.0 Å². The Kier molecular flexibility index (Phi) is 5.05. The fourth-order valence-corrected chi connectivity index (χ4v) is 2.61. The summed E-state index contributed by atoms with van der Waals surface area (Å²) in [4.78, 5) is 4.53. The molecule has 0 saturated carbocycles. The van der Waals surface area contributed by atoms with Crippen molar-refractivity contribution < 1.29 is 19.0 Å². The number of nitrogens with zero attached hydrogens (tertiary/aromatic N) is 1. The molecule has 0 fully saturated rings. The fraction of sp³-hybridized carbons (Fsp3) is 0.250. The number of aliphatic hydroxyl groups is 1. The van der Waals surface area contributed by atoms with Crippen LogP contribution >= 0.6 is 0 Å². The van der Waals surface area contributed by atoms with Crippen LogP contribution in [-0.2, 0) is 0 Å². The van der Waals surface area contributed by atoms with Crippen molar-refractivity contribution in [2.75, 3.05) is 20.8 Å². The first kappa shape index (κ1) is 17.0. The number of fused-ring (bicyclic) bond motifs is 1. The molecule has 1 heterocycles. The Hall–Kier alpha value is -2.79. The van der Waals surface area contributed by atoms with Crippen LogP contribution in [0.2, 0.25) is 0 Å². The number of hydrogen-bond donors (Lipinski definition) is 1. The van der Waals surface area contributed by atoms with E-state index in [1.54, 1.807) is 21.1 Å². The first-order chi connectivity index (χ1) is 12.1. The standard InChI is InChI=1S/C20H21NO4/c1-13(22)12-21-16-11-19(25-17-7-5-4-6-15(16)17)14-8-9-18(23-2)20(10-14)24-3/h4-11,13,22H,12H2,1-3H3/t13-/m1/s1. The molecule has 0 aliphatic rings. The topological polar surface area (TPSA) is 64.2 Å². The second-order valence-corrected chi connectivity index (χ2v) is 5.75. The molecule has 0 aliphatic heterocycles. The maximum absolute atomic E-state index is 9.55. The molecule has 3 rings (SSSR count). The molecule has 5 nitrogen and oxygen atoms in total. The first-order valence-electron chi connectivity index (χ1n) is 8.06. The lowest BCUT2D eigenvalue weighted by molar-refractivity contribution is 0.203. The van der Waals surface area contributed by atoms with Gasteiger partial charge in [-0.05, 0) is 37.3 Å². The average Bonchev–Trinajstić information content (AvgIpc) is 2.65. The molecule has 1 atom stereocenters. The molecule has 0 spiro atoms. The second kappa shape index (κ2) is 7.40. The molecule has 0 radical (unpaired) electrons. The second-order valence-electron chi connectivity index (χ2n) is 5.75. The minimum atomic E-state index is -0.500.